The van der Waals surface area contributed by atoms with Gasteiger partial charge in [-0.05, 0) is 32.0 Å². The molecule has 8 heteroatoms. The van der Waals surface area contributed by atoms with Gasteiger partial charge in [-0.3, -0.25) is 0 Å². The molecule has 0 saturated carbocycles. The van der Waals surface area contributed by atoms with Gasteiger partial charge in [-0.25, -0.2) is 9.38 Å². The summed E-state index contributed by atoms with van der Waals surface area (Å²) in [6, 6.07) is 7.45. The fourth-order valence-electron chi connectivity index (χ4n) is 2.71. The predicted molar refractivity (Wildman–Crippen MR) is 95.3 cm³/mol. The fraction of sp³-hybridized carbons (Fsp3) is 0.278. The summed E-state index contributed by atoms with van der Waals surface area (Å²) in [5.41, 5.74) is -0.434. The van der Waals surface area contributed by atoms with E-state index in [4.69, 9.17) is 4.74 Å². The van der Waals surface area contributed by atoms with Gasteiger partial charge in [0.1, 0.15) is 11.6 Å². The van der Waals surface area contributed by atoms with Crippen LogP contribution < -0.4 is 9.46 Å². The van der Waals surface area contributed by atoms with Crippen molar-refractivity contribution in [1.82, 2.24) is 0 Å². The summed E-state index contributed by atoms with van der Waals surface area (Å²) >= 11 is 1.31. The van der Waals surface area contributed by atoms with Crippen LogP contribution in [0.2, 0.25) is 0 Å². The molecule has 0 spiro atoms. The molecular formula is C18H16F4N2OS. The molecule has 3 rings (SSSR count). The Kier molecular flexibility index (Phi) is 4.64. The third kappa shape index (κ3) is 3.65. The monoisotopic (exact) mass is 384 g/mol. The number of halogens is 4. The molecule has 1 N–H and O–H groups in total. The highest BCUT2D eigenvalue weighted by Gasteiger charge is 2.33. The number of aliphatic imine (C=N–C) groups is 1. The lowest BCUT2D eigenvalue weighted by molar-refractivity contribution is -0.137. The smallest absolute Gasteiger partial charge is 0.416 e. The van der Waals surface area contributed by atoms with Gasteiger partial charge in [0.2, 0.25) is 0 Å². The predicted octanol–water partition coefficient (Wildman–Crippen LogP) is 5.50. The Hall–Kier alpha value is -2.22. The van der Waals surface area contributed by atoms with Crippen LogP contribution in [-0.4, -0.2) is 17.7 Å². The van der Waals surface area contributed by atoms with E-state index < -0.39 is 23.3 Å². The molecule has 138 valence electrons. The molecule has 3 nitrogen and oxygen atoms in total. The first-order valence-electron chi connectivity index (χ1n) is 7.70. The Balaban J connectivity index is 2.11. The normalized spacial score (nSPS) is 15.7. The highest BCUT2D eigenvalue weighted by molar-refractivity contribution is 7.99. The topological polar surface area (TPSA) is 33.6 Å². The van der Waals surface area contributed by atoms with E-state index in [-0.39, 0.29) is 17.0 Å². The standard InChI is InChI=1S/C18H16F4N2OS/c1-17(2)23-16(10-4-6-11(7-5-10)18(20,21)22)15-13(19)8-12(24-26-3)9-14(15)25-17/h4-9,24H,1-3H3. The maximum Gasteiger partial charge on any atom is 0.416 e. The van der Waals surface area contributed by atoms with Crippen LogP contribution in [0.5, 0.6) is 5.75 Å². The molecule has 0 aliphatic carbocycles. The Morgan fingerprint density at radius 3 is 2.35 bits per heavy atom. The molecule has 0 unspecified atom stereocenters. The lowest BCUT2D eigenvalue weighted by atomic mass is 9.97. The second kappa shape index (κ2) is 6.50. The van der Waals surface area contributed by atoms with E-state index in [0.717, 1.165) is 12.1 Å². The minimum Gasteiger partial charge on any atom is -0.466 e. The summed E-state index contributed by atoms with van der Waals surface area (Å²) in [4.78, 5) is 4.40. The van der Waals surface area contributed by atoms with E-state index in [1.807, 2.05) is 0 Å². The van der Waals surface area contributed by atoms with Crippen LogP contribution in [0.3, 0.4) is 0 Å². The number of hydrogen-bond acceptors (Lipinski definition) is 4. The van der Waals surface area contributed by atoms with Crippen molar-refractivity contribution in [3.8, 4) is 5.75 Å². The maximum atomic E-state index is 14.7. The van der Waals surface area contributed by atoms with E-state index in [9.17, 15) is 17.6 Å². The molecule has 0 atom stereocenters. The third-order valence-electron chi connectivity index (χ3n) is 3.74. The summed E-state index contributed by atoms with van der Waals surface area (Å²) in [6.07, 6.45) is -2.63. The molecule has 2 aromatic rings. The van der Waals surface area contributed by atoms with E-state index in [1.54, 1.807) is 26.2 Å². The van der Waals surface area contributed by atoms with Gasteiger partial charge in [0.05, 0.1) is 22.5 Å². The Morgan fingerprint density at radius 2 is 1.77 bits per heavy atom. The maximum absolute atomic E-state index is 14.7. The minimum atomic E-state index is -4.43. The molecule has 1 aliphatic rings. The van der Waals surface area contributed by atoms with Gasteiger partial charge in [0.15, 0.2) is 5.72 Å². The minimum absolute atomic E-state index is 0.135. The van der Waals surface area contributed by atoms with Crippen LogP contribution in [0, 0.1) is 5.82 Å². The van der Waals surface area contributed by atoms with Crippen molar-refractivity contribution < 1.29 is 22.3 Å². The van der Waals surface area contributed by atoms with Gasteiger partial charge in [0, 0.05) is 17.9 Å². The first-order chi connectivity index (χ1) is 12.1. The Morgan fingerprint density at radius 1 is 1.12 bits per heavy atom. The second-order valence-electron chi connectivity index (χ2n) is 6.22. The van der Waals surface area contributed by atoms with Crippen LogP contribution in [0.15, 0.2) is 41.4 Å². The molecule has 26 heavy (non-hydrogen) atoms. The lowest BCUT2D eigenvalue weighted by Crippen LogP contribution is -2.33. The summed E-state index contributed by atoms with van der Waals surface area (Å²) in [5.74, 6) is -0.273. The average molecular weight is 384 g/mol. The molecule has 0 amide bonds. The van der Waals surface area contributed by atoms with Crippen LogP contribution >= 0.6 is 11.9 Å². The molecule has 0 bridgehead atoms. The van der Waals surface area contributed by atoms with E-state index in [1.165, 1.54) is 30.1 Å². The van der Waals surface area contributed by atoms with Gasteiger partial charge >= 0.3 is 6.18 Å². The number of ether oxygens (including phenoxy) is 1. The zero-order chi connectivity index (χ0) is 19.1. The number of rotatable bonds is 3. The number of hydrogen-bond donors (Lipinski definition) is 1. The van der Waals surface area contributed by atoms with Gasteiger partial charge in [-0.15, -0.1) is 0 Å². The van der Waals surface area contributed by atoms with Crippen molar-refractivity contribution in [2.24, 2.45) is 4.99 Å². The largest absolute Gasteiger partial charge is 0.466 e. The number of anilines is 1. The zero-order valence-electron chi connectivity index (χ0n) is 14.2. The second-order valence-corrected chi connectivity index (χ2v) is 6.83. The molecule has 2 aromatic carbocycles. The molecule has 0 radical (unpaired) electrons. The average Bonchev–Trinajstić information content (AvgIpc) is 2.52. The van der Waals surface area contributed by atoms with Crippen LogP contribution in [0.4, 0.5) is 23.2 Å². The highest BCUT2D eigenvalue weighted by atomic mass is 32.2. The number of nitrogens with zero attached hydrogens (tertiary/aromatic N) is 1. The SMILES string of the molecule is CSNc1cc(F)c2c(c1)OC(C)(C)N=C2c1ccc(C(F)(F)F)cc1. The van der Waals surface area contributed by atoms with Gasteiger partial charge in [-0.1, -0.05) is 24.1 Å². The van der Waals surface area contributed by atoms with Crippen molar-refractivity contribution in [2.45, 2.75) is 25.7 Å². The summed E-state index contributed by atoms with van der Waals surface area (Å²) < 4.78 is 61.8. The molecule has 1 heterocycles. The van der Waals surface area contributed by atoms with Crippen LogP contribution in [0.1, 0.15) is 30.5 Å². The molecule has 0 aromatic heterocycles. The van der Waals surface area contributed by atoms with Crippen molar-refractivity contribution in [3.63, 3.8) is 0 Å². The van der Waals surface area contributed by atoms with Crippen LogP contribution in [-0.2, 0) is 6.18 Å². The first kappa shape index (κ1) is 18.6. The van der Waals surface area contributed by atoms with Crippen molar-refractivity contribution >= 4 is 23.3 Å². The van der Waals surface area contributed by atoms with Crippen molar-refractivity contribution in [2.75, 3.05) is 11.0 Å². The lowest BCUT2D eigenvalue weighted by Gasteiger charge is -2.31. The van der Waals surface area contributed by atoms with E-state index in [2.05, 4.69) is 9.71 Å². The summed E-state index contributed by atoms with van der Waals surface area (Å²) in [7, 11) is 0. The molecule has 1 aliphatic heterocycles. The molecule has 0 fully saturated rings. The van der Waals surface area contributed by atoms with Gasteiger partial charge < -0.3 is 9.46 Å². The van der Waals surface area contributed by atoms with Crippen molar-refractivity contribution in [3.05, 3.63) is 58.9 Å². The number of benzene rings is 2. The Labute approximate surface area is 152 Å². The van der Waals surface area contributed by atoms with E-state index in [0.29, 0.717) is 11.3 Å². The zero-order valence-corrected chi connectivity index (χ0v) is 15.1. The summed E-state index contributed by atoms with van der Waals surface area (Å²) in [6.45, 7) is 3.40. The first-order valence-corrected chi connectivity index (χ1v) is 8.92. The third-order valence-corrected chi connectivity index (χ3v) is 4.18. The number of alkyl halides is 3. The summed E-state index contributed by atoms with van der Waals surface area (Å²) in [5, 5.41) is 0. The molecule has 0 saturated heterocycles. The van der Waals surface area contributed by atoms with Crippen LogP contribution in [0.25, 0.3) is 0 Å². The number of fused-ring (bicyclic) bond motifs is 1. The number of nitrogens with one attached hydrogen (secondary N) is 1. The highest BCUT2D eigenvalue weighted by Crippen LogP contribution is 2.37. The van der Waals surface area contributed by atoms with E-state index >= 15 is 0 Å². The quantitative estimate of drug-likeness (QED) is 0.560. The van der Waals surface area contributed by atoms with Gasteiger partial charge in [0.25, 0.3) is 0 Å². The van der Waals surface area contributed by atoms with Crippen molar-refractivity contribution in [1.29, 1.82) is 0 Å². The Bertz CT molecular complexity index is 861. The molecular weight excluding hydrogens is 368 g/mol. The van der Waals surface area contributed by atoms with Gasteiger partial charge in [-0.2, -0.15) is 13.2 Å². The fourth-order valence-corrected chi connectivity index (χ4v) is 3.07.